The zero-order chi connectivity index (χ0) is 15.1. The van der Waals surface area contributed by atoms with Gasteiger partial charge in [-0.3, -0.25) is 14.9 Å². The molecule has 3 N–H and O–H groups in total. The van der Waals surface area contributed by atoms with Gasteiger partial charge >= 0.3 is 0 Å². The molecular weight excluding hydrogens is 282 g/mol. The first-order valence-corrected chi connectivity index (χ1v) is 6.75. The Morgan fingerprint density at radius 2 is 2.20 bits per heavy atom. The van der Waals surface area contributed by atoms with E-state index in [9.17, 15) is 14.9 Å². The van der Waals surface area contributed by atoms with Crippen molar-refractivity contribution in [2.24, 2.45) is 11.7 Å². The predicted octanol–water partition coefficient (Wildman–Crippen LogP) is 2.95. The predicted molar refractivity (Wildman–Crippen MR) is 78.8 cm³/mol. The smallest absolute Gasteiger partial charge is 0.289 e. The number of anilines is 1. The lowest BCUT2D eigenvalue weighted by Gasteiger charge is -2.10. The maximum Gasteiger partial charge on any atom is 0.289 e. The van der Waals surface area contributed by atoms with Gasteiger partial charge in [0.15, 0.2) is 0 Å². The van der Waals surface area contributed by atoms with Gasteiger partial charge in [-0.2, -0.15) is 0 Å². The molecule has 1 aromatic rings. The third-order valence-electron chi connectivity index (χ3n) is 2.95. The molecule has 20 heavy (non-hydrogen) atoms. The average molecular weight is 300 g/mol. The molecule has 0 aliphatic carbocycles. The number of nitrogens with zero attached hydrogens (tertiary/aromatic N) is 1. The second-order valence-corrected chi connectivity index (χ2v) is 5.10. The Morgan fingerprint density at radius 1 is 1.50 bits per heavy atom. The number of amides is 1. The Kier molecular flexibility index (Phi) is 6.41. The molecule has 1 unspecified atom stereocenters. The second-order valence-electron chi connectivity index (χ2n) is 4.69. The molecule has 110 valence electrons. The van der Waals surface area contributed by atoms with E-state index in [1.807, 2.05) is 6.92 Å². The van der Waals surface area contributed by atoms with Crippen LogP contribution in [0, 0.1) is 16.0 Å². The molecule has 0 fully saturated rings. The average Bonchev–Trinajstić information content (AvgIpc) is 2.39. The van der Waals surface area contributed by atoms with E-state index in [4.69, 9.17) is 17.3 Å². The van der Waals surface area contributed by atoms with Crippen LogP contribution in [-0.4, -0.2) is 17.4 Å². The van der Waals surface area contributed by atoms with Gasteiger partial charge in [-0.05, 0) is 37.4 Å². The summed E-state index contributed by atoms with van der Waals surface area (Å²) in [6.45, 7) is 2.64. The number of hydrogen-bond donors (Lipinski definition) is 2. The Balaban J connectivity index is 2.58. The monoisotopic (exact) mass is 299 g/mol. The molecule has 1 amide bonds. The van der Waals surface area contributed by atoms with Crippen molar-refractivity contribution in [2.45, 2.75) is 26.2 Å². The lowest BCUT2D eigenvalue weighted by atomic mass is 10.0. The van der Waals surface area contributed by atoms with Crippen molar-refractivity contribution >= 4 is 28.9 Å². The van der Waals surface area contributed by atoms with Crippen molar-refractivity contribution in [3.05, 3.63) is 33.3 Å². The van der Waals surface area contributed by atoms with Gasteiger partial charge in [-0.25, -0.2) is 0 Å². The largest absolute Gasteiger partial charge is 0.330 e. The summed E-state index contributed by atoms with van der Waals surface area (Å²) in [6, 6.07) is 4.19. The summed E-state index contributed by atoms with van der Waals surface area (Å²) in [5.41, 5.74) is 5.59. The van der Waals surface area contributed by atoms with Crippen LogP contribution in [0.3, 0.4) is 0 Å². The lowest BCUT2D eigenvalue weighted by Crippen LogP contribution is -2.14. The van der Waals surface area contributed by atoms with Crippen molar-refractivity contribution in [1.82, 2.24) is 0 Å². The van der Waals surface area contributed by atoms with Crippen LogP contribution in [0.2, 0.25) is 5.02 Å². The summed E-state index contributed by atoms with van der Waals surface area (Å²) in [6.07, 6.45) is 1.97. The van der Waals surface area contributed by atoms with Crippen molar-refractivity contribution in [3.63, 3.8) is 0 Å². The maximum atomic E-state index is 11.7. The lowest BCUT2D eigenvalue weighted by molar-refractivity contribution is -0.384. The standard InChI is InChI=1S/C13H18ClN3O3/c1-9(6-7-15)2-5-13(18)16-10-3-4-11(14)12(8-10)17(19)20/h3-4,8-9H,2,5-7,15H2,1H3,(H,16,18). The molecule has 1 rings (SSSR count). The van der Waals surface area contributed by atoms with Crippen molar-refractivity contribution < 1.29 is 9.72 Å². The minimum atomic E-state index is -0.582. The summed E-state index contributed by atoms with van der Waals surface area (Å²) in [4.78, 5) is 21.9. The third kappa shape index (κ3) is 5.14. The Morgan fingerprint density at radius 3 is 2.80 bits per heavy atom. The highest BCUT2D eigenvalue weighted by molar-refractivity contribution is 6.32. The molecule has 0 saturated carbocycles. The number of nitro groups is 1. The van der Waals surface area contributed by atoms with Crippen molar-refractivity contribution in [3.8, 4) is 0 Å². The Hall–Kier alpha value is -1.66. The van der Waals surface area contributed by atoms with E-state index in [1.165, 1.54) is 18.2 Å². The number of carbonyl (C=O) groups is 1. The van der Waals surface area contributed by atoms with Crippen LogP contribution in [0.1, 0.15) is 26.2 Å². The van der Waals surface area contributed by atoms with E-state index in [0.29, 0.717) is 24.6 Å². The first-order chi connectivity index (χ1) is 9.43. The Labute approximate surface area is 122 Å². The van der Waals surface area contributed by atoms with E-state index < -0.39 is 4.92 Å². The summed E-state index contributed by atoms with van der Waals surface area (Å²) in [5, 5.41) is 13.4. The van der Waals surface area contributed by atoms with Gasteiger partial charge in [0, 0.05) is 18.2 Å². The summed E-state index contributed by atoms with van der Waals surface area (Å²) >= 11 is 5.70. The number of carbonyl (C=O) groups excluding carboxylic acids is 1. The van der Waals surface area contributed by atoms with Crippen molar-refractivity contribution in [2.75, 3.05) is 11.9 Å². The number of nitrogens with two attached hydrogens (primary N) is 1. The highest BCUT2D eigenvalue weighted by Crippen LogP contribution is 2.27. The number of rotatable bonds is 7. The SMILES string of the molecule is CC(CCN)CCC(=O)Nc1ccc(Cl)c([N+](=O)[O-])c1. The molecule has 6 nitrogen and oxygen atoms in total. The molecule has 0 aliphatic heterocycles. The van der Waals surface area contributed by atoms with E-state index in [1.54, 1.807) is 0 Å². The van der Waals surface area contributed by atoms with Crippen LogP contribution in [0.15, 0.2) is 18.2 Å². The highest BCUT2D eigenvalue weighted by Gasteiger charge is 2.14. The number of hydrogen-bond acceptors (Lipinski definition) is 4. The normalized spacial score (nSPS) is 11.9. The van der Waals surface area contributed by atoms with E-state index in [-0.39, 0.29) is 16.6 Å². The minimum Gasteiger partial charge on any atom is -0.330 e. The molecule has 0 saturated heterocycles. The van der Waals surface area contributed by atoms with E-state index >= 15 is 0 Å². The number of nitro benzene ring substituents is 1. The van der Waals surface area contributed by atoms with Crippen LogP contribution in [0.25, 0.3) is 0 Å². The molecule has 0 heterocycles. The molecule has 1 atom stereocenters. The Bertz CT molecular complexity index is 494. The summed E-state index contributed by atoms with van der Waals surface area (Å²) in [5.74, 6) is 0.204. The van der Waals surface area contributed by atoms with Gasteiger partial charge in [-0.1, -0.05) is 18.5 Å². The third-order valence-corrected chi connectivity index (χ3v) is 3.27. The van der Waals surface area contributed by atoms with E-state index in [2.05, 4.69) is 5.32 Å². The number of halogens is 1. The molecule has 0 aliphatic rings. The zero-order valence-electron chi connectivity index (χ0n) is 11.3. The fraction of sp³-hybridized carbons (Fsp3) is 0.462. The molecule has 0 aromatic heterocycles. The second kappa shape index (κ2) is 7.81. The first kappa shape index (κ1) is 16.4. The van der Waals surface area contributed by atoms with Crippen LogP contribution >= 0.6 is 11.6 Å². The van der Waals surface area contributed by atoms with Gasteiger partial charge < -0.3 is 11.1 Å². The van der Waals surface area contributed by atoms with Crippen LogP contribution < -0.4 is 11.1 Å². The van der Waals surface area contributed by atoms with Gasteiger partial charge in [0.1, 0.15) is 5.02 Å². The molecule has 0 spiro atoms. The number of benzene rings is 1. The fourth-order valence-corrected chi connectivity index (χ4v) is 1.95. The summed E-state index contributed by atoms with van der Waals surface area (Å²) < 4.78 is 0. The van der Waals surface area contributed by atoms with E-state index in [0.717, 1.165) is 12.8 Å². The molecular formula is C13H18ClN3O3. The van der Waals surface area contributed by atoms with Gasteiger partial charge in [0.25, 0.3) is 5.69 Å². The fourth-order valence-electron chi connectivity index (χ4n) is 1.76. The zero-order valence-corrected chi connectivity index (χ0v) is 12.0. The first-order valence-electron chi connectivity index (χ1n) is 6.38. The summed E-state index contributed by atoms with van der Waals surface area (Å²) in [7, 11) is 0. The number of nitrogens with one attached hydrogen (secondary N) is 1. The van der Waals surface area contributed by atoms with Gasteiger partial charge in [-0.15, -0.1) is 0 Å². The minimum absolute atomic E-state index is 0.0459. The van der Waals surface area contributed by atoms with Crippen LogP contribution in [0.4, 0.5) is 11.4 Å². The topological polar surface area (TPSA) is 98.3 Å². The highest BCUT2D eigenvalue weighted by atomic mass is 35.5. The molecule has 0 radical (unpaired) electrons. The van der Waals surface area contributed by atoms with Crippen molar-refractivity contribution in [1.29, 1.82) is 0 Å². The van der Waals surface area contributed by atoms with Crippen LogP contribution in [-0.2, 0) is 4.79 Å². The van der Waals surface area contributed by atoms with Gasteiger partial charge in [0.05, 0.1) is 4.92 Å². The molecule has 1 aromatic carbocycles. The van der Waals surface area contributed by atoms with Gasteiger partial charge in [0.2, 0.25) is 5.91 Å². The molecule has 7 heteroatoms. The molecule has 0 bridgehead atoms. The quantitative estimate of drug-likeness (QED) is 0.597. The maximum absolute atomic E-state index is 11.7. The van der Waals surface area contributed by atoms with Crippen LogP contribution in [0.5, 0.6) is 0 Å².